The molecule has 25 nitrogen and oxygen atoms in total. The number of hydrogen-bond acceptors (Lipinski definition) is 16. The van der Waals surface area contributed by atoms with Gasteiger partial charge in [-0.15, -0.1) is 9.53 Å². The van der Waals surface area contributed by atoms with Gasteiger partial charge in [-0.25, -0.2) is 9.13 Å². The van der Waals surface area contributed by atoms with Crippen molar-refractivity contribution >= 4 is 48.7 Å². The highest BCUT2D eigenvalue weighted by molar-refractivity contribution is 7.59. The molecule has 0 amide bonds. The summed E-state index contributed by atoms with van der Waals surface area (Å²) in [6, 6.07) is 0. The number of unbranched alkanes of at least 4 members (excludes halogenated alkanes) is 3. The predicted molar refractivity (Wildman–Crippen MR) is 255 cm³/mol. The van der Waals surface area contributed by atoms with Gasteiger partial charge in [0, 0.05) is 127 Å². The lowest BCUT2D eigenvalue weighted by atomic mass is 10.2. The van der Waals surface area contributed by atoms with E-state index in [9.17, 15) is 18.6 Å². The number of likely N-dealkylation sites (N-methyl/N-ethyl adjacent to an activating group) is 6. The van der Waals surface area contributed by atoms with Crippen LogP contribution < -0.4 is 4.89 Å². The van der Waals surface area contributed by atoms with E-state index in [1.807, 2.05) is 68.6 Å². The Balaban J connectivity index is 1.15. The van der Waals surface area contributed by atoms with E-state index in [-0.39, 0.29) is 59.1 Å². The van der Waals surface area contributed by atoms with Gasteiger partial charge in [0.15, 0.2) is 0 Å². The Kier molecular flexibility index (Phi) is 20.1. The van der Waals surface area contributed by atoms with Gasteiger partial charge >= 0.3 is 23.0 Å². The van der Waals surface area contributed by atoms with Crippen molar-refractivity contribution in [1.82, 2.24) is 29.4 Å². The highest BCUT2D eigenvalue weighted by Crippen LogP contribution is 2.62. The molecule has 398 valence electrons. The third-order valence-corrected chi connectivity index (χ3v) is 19.1. The second-order valence-corrected chi connectivity index (χ2v) is 26.6. The zero-order chi connectivity index (χ0) is 50.2. The van der Waals surface area contributed by atoms with E-state index in [2.05, 4.69) is 9.53 Å². The maximum Gasteiger partial charge on any atom is 0.457 e. The zero-order valence-electron chi connectivity index (χ0n) is 41.7. The van der Waals surface area contributed by atoms with Crippen molar-refractivity contribution in [3.05, 3.63) is 0 Å². The van der Waals surface area contributed by atoms with Gasteiger partial charge in [0.25, 0.3) is 7.82 Å². The number of rotatable bonds is 25. The maximum atomic E-state index is 15.0. The average molecular weight is 1060 g/mol. The molecule has 0 aromatic heterocycles. The van der Waals surface area contributed by atoms with Crippen molar-refractivity contribution in [3.8, 4) is 0 Å². The van der Waals surface area contributed by atoms with E-state index in [0.717, 1.165) is 19.5 Å². The number of nitrogens with zero attached hydrogens (tertiary/aromatic N) is 9. The molecule has 0 bridgehead atoms. The minimum absolute atomic E-state index is 0.0657. The van der Waals surface area contributed by atoms with E-state index < -0.39 is 79.2 Å². The van der Waals surface area contributed by atoms with Crippen LogP contribution in [0.25, 0.3) is 0 Å². The zero-order valence-corrected chi connectivity index (χ0v) is 45.3. The number of phosphoric acid groups is 1. The molecule has 6 aliphatic rings. The Morgan fingerprint density at radius 3 is 1.30 bits per heavy atom. The van der Waals surface area contributed by atoms with Crippen molar-refractivity contribution in [2.75, 3.05) is 134 Å². The van der Waals surface area contributed by atoms with Crippen molar-refractivity contribution in [3.63, 3.8) is 0 Å². The summed E-state index contributed by atoms with van der Waals surface area (Å²) >= 11 is 0. The van der Waals surface area contributed by atoms with Crippen LogP contribution in [0.2, 0.25) is 0 Å². The van der Waals surface area contributed by atoms with Gasteiger partial charge < -0.3 is 67.2 Å². The highest BCUT2D eigenvalue weighted by atomic mass is 31.2. The number of guanidine groups is 3. The molecule has 0 saturated carbocycles. The van der Waals surface area contributed by atoms with Gasteiger partial charge in [0.05, 0.1) is 49.9 Å². The molecule has 6 saturated heterocycles. The summed E-state index contributed by atoms with van der Waals surface area (Å²) in [7, 11) is -6.30. The van der Waals surface area contributed by atoms with Crippen LogP contribution in [0.3, 0.4) is 0 Å². The predicted octanol–water partition coefficient (Wildman–Crippen LogP) is 3.50. The first-order chi connectivity index (χ1) is 32.5. The average Bonchev–Trinajstić information content (AvgIpc) is 4.17. The Morgan fingerprint density at radius 1 is 0.551 bits per heavy atom. The summed E-state index contributed by atoms with van der Waals surface area (Å²) in [4.78, 5) is 23.7. The molecule has 10 atom stereocenters. The summed E-state index contributed by atoms with van der Waals surface area (Å²) in [5.41, 5.74) is 0. The SMILES string of the molecule is CN1CCN(C)C1=NP(=O)(OC[C@H]1OCC[C@H]1OP(=O)(N=C1N(C)CCN1C)OC[C@H]1OCC[C@H]1OP(=O)(N=C1N(C)CCN1C)C(C)(C)C)O[C@@H]1CCO[C@@H]1COP(=O)([O-])OCCCCCCO. The second kappa shape index (κ2) is 24.5. The first-order valence-corrected chi connectivity index (χ1v) is 29.8. The van der Waals surface area contributed by atoms with E-state index in [1.165, 1.54) is 0 Å². The molecule has 4 unspecified atom stereocenters. The minimum Gasteiger partial charge on any atom is -0.756 e. The number of hydrogen-bond donors (Lipinski definition) is 1. The summed E-state index contributed by atoms with van der Waals surface area (Å²) in [6.07, 6.45) is -1.89. The van der Waals surface area contributed by atoms with Crippen LogP contribution in [0, 0.1) is 0 Å². The van der Waals surface area contributed by atoms with Gasteiger partial charge in [0.1, 0.15) is 18.3 Å². The molecule has 0 aromatic rings. The largest absolute Gasteiger partial charge is 0.756 e. The number of aliphatic hydroxyl groups is 1. The molecule has 1 N–H and O–H groups in total. The molecule has 6 rings (SSSR count). The quantitative estimate of drug-likeness (QED) is 0.101. The summed E-state index contributed by atoms with van der Waals surface area (Å²) in [6.45, 7) is 8.84. The van der Waals surface area contributed by atoms with Gasteiger partial charge in [-0.2, -0.15) is 4.76 Å². The van der Waals surface area contributed by atoms with Crippen LogP contribution in [0.1, 0.15) is 65.7 Å². The van der Waals surface area contributed by atoms with Gasteiger partial charge in [-0.05, 0) is 33.6 Å². The Bertz CT molecular complexity index is 1970. The van der Waals surface area contributed by atoms with Crippen molar-refractivity contribution in [2.45, 2.75) is 107 Å². The lowest BCUT2D eigenvalue weighted by Gasteiger charge is -2.32. The maximum absolute atomic E-state index is 15.0. The molecular weight excluding hydrogens is 986 g/mol. The fourth-order valence-corrected chi connectivity index (χ4v) is 14.0. The molecule has 6 heterocycles. The molecule has 29 heteroatoms. The Morgan fingerprint density at radius 2 is 0.913 bits per heavy atom. The topological polar surface area (TPSA) is 260 Å². The van der Waals surface area contributed by atoms with Crippen molar-refractivity contribution < 1.29 is 74.1 Å². The third-order valence-electron chi connectivity index (χ3n) is 12.6. The fraction of sp³-hybridized carbons (Fsp3) is 0.925. The molecule has 69 heavy (non-hydrogen) atoms. The van der Waals surface area contributed by atoms with Crippen LogP contribution in [-0.2, 0) is 64.1 Å². The molecule has 6 aliphatic heterocycles. The first-order valence-electron chi connectivity index (χ1n) is 23.8. The summed E-state index contributed by atoms with van der Waals surface area (Å²) in [5.74, 6) is 1.30. The number of phosphoric ester groups is 1. The highest BCUT2D eigenvalue weighted by Gasteiger charge is 2.47. The van der Waals surface area contributed by atoms with E-state index in [4.69, 9.17) is 55.7 Å². The van der Waals surface area contributed by atoms with E-state index >= 15 is 4.57 Å². The van der Waals surface area contributed by atoms with E-state index in [1.54, 1.807) is 23.9 Å². The Labute approximate surface area is 407 Å². The normalized spacial score (nSPS) is 29.3. The summed E-state index contributed by atoms with van der Waals surface area (Å²) < 4.78 is 130. The molecule has 0 spiro atoms. The standard InChI is InChI=1S/C40H77N9O16P4/c1-40(2,3)66(51,41-37-44(4)17-18-45(37)5)63-31-14-25-56-34(31)28-60-67(52,42-38-46(6)19-20-47(38)7)64-32-15-26-57-35(32)29-61-68(53,43-39-48(8)21-22-49(39)9)65-33-16-27-58-36(33)30-62-69(54,55)59-24-13-11-10-12-23-50/h31-36,50H,10-30H2,1-9H3,(H,54,55)/p-1/t31-,32-,33-,34-,35-,36-,66?,67?,68?/m1/s1. The van der Waals surface area contributed by atoms with Crippen molar-refractivity contribution in [2.24, 2.45) is 14.3 Å². The lowest BCUT2D eigenvalue weighted by Crippen LogP contribution is -2.34. The van der Waals surface area contributed by atoms with Crippen molar-refractivity contribution in [1.29, 1.82) is 0 Å². The van der Waals surface area contributed by atoms with Crippen LogP contribution in [0.15, 0.2) is 14.3 Å². The number of ether oxygens (including phenoxy) is 3. The molecule has 0 radical (unpaired) electrons. The molecular formula is C40H76N9O16P4-. The van der Waals surface area contributed by atoms with Gasteiger partial charge in [-0.3, -0.25) is 27.2 Å². The Hall–Kier alpha value is -1.75. The second-order valence-electron chi connectivity index (χ2n) is 19.2. The minimum atomic E-state index is -4.71. The fourth-order valence-electron chi connectivity index (χ4n) is 8.19. The molecule has 0 aromatic carbocycles. The van der Waals surface area contributed by atoms with Gasteiger partial charge in [-0.1, -0.05) is 12.8 Å². The molecule has 6 fully saturated rings. The van der Waals surface area contributed by atoms with Crippen LogP contribution in [-0.4, -0.2) is 229 Å². The van der Waals surface area contributed by atoms with Crippen LogP contribution >= 0.6 is 30.8 Å². The van der Waals surface area contributed by atoms with E-state index in [0.29, 0.717) is 69.7 Å². The summed E-state index contributed by atoms with van der Waals surface area (Å²) in [5, 5.41) is 8.11. The lowest BCUT2D eigenvalue weighted by molar-refractivity contribution is -0.227. The smallest absolute Gasteiger partial charge is 0.457 e. The monoisotopic (exact) mass is 1060 g/mol. The van der Waals surface area contributed by atoms with Gasteiger partial charge in [0.2, 0.25) is 17.9 Å². The number of aliphatic hydroxyl groups excluding tert-OH is 1. The van der Waals surface area contributed by atoms with Crippen LogP contribution in [0.5, 0.6) is 0 Å². The molecule has 0 aliphatic carbocycles. The van der Waals surface area contributed by atoms with Crippen LogP contribution in [0.4, 0.5) is 0 Å². The third kappa shape index (κ3) is 15.4. The first kappa shape index (κ1) is 56.5.